The molecule has 1 atom stereocenters. The second-order valence-electron chi connectivity index (χ2n) is 7.48. The predicted molar refractivity (Wildman–Crippen MR) is 122 cm³/mol. The number of hydrogen-bond acceptors (Lipinski definition) is 6. The summed E-state index contributed by atoms with van der Waals surface area (Å²) < 4.78 is 10.6. The zero-order chi connectivity index (χ0) is 23.5. The first-order valence-corrected chi connectivity index (χ1v) is 10.2. The average molecular weight is 442 g/mol. The van der Waals surface area contributed by atoms with Gasteiger partial charge >= 0.3 is 6.09 Å². The molecule has 9 heteroatoms. The van der Waals surface area contributed by atoms with Gasteiger partial charge in [0.2, 0.25) is 0 Å². The first-order chi connectivity index (χ1) is 15.9. The maximum absolute atomic E-state index is 13.7. The molecule has 0 aliphatic carbocycles. The van der Waals surface area contributed by atoms with Crippen molar-refractivity contribution in [2.45, 2.75) is 12.5 Å². The summed E-state index contributed by atoms with van der Waals surface area (Å²) in [5, 5.41) is 11.7. The Labute approximate surface area is 191 Å². The number of imide groups is 1. The third kappa shape index (κ3) is 4.17. The Morgan fingerprint density at radius 1 is 1.12 bits per heavy atom. The van der Waals surface area contributed by atoms with Gasteiger partial charge in [0.25, 0.3) is 11.6 Å². The Morgan fingerprint density at radius 2 is 1.85 bits per heavy atom. The Hall–Kier alpha value is -4.14. The van der Waals surface area contributed by atoms with Crippen molar-refractivity contribution < 1.29 is 24.0 Å². The van der Waals surface area contributed by atoms with Crippen molar-refractivity contribution in [3.05, 3.63) is 88.0 Å². The number of carbonyl (C=O) groups is 2. The van der Waals surface area contributed by atoms with Crippen LogP contribution in [0.4, 0.5) is 10.5 Å². The summed E-state index contributed by atoms with van der Waals surface area (Å²) in [4.78, 5) is 38.4. The summed E-state index contributed by atoms with van der Waals surface area (Å²) in [7, 11) is 7.51. The number of methoxy groups -OCH3 is 1. The molecule has 1 fully saturated rings. The SMILES string of the molecule is [B]c1cccc([N+](=O)[O-])c1-c1c(OC)cccc1C(=O)N1C(=O)OC[C@@H]1Cc1ccccc1. The lowest BCUT2D eigenvalue weighted by molar-refractivity contribution is -0.384. The molecule has 3 aromatic rings. The van der Waals surface area contributed by atoms with E-state index in [4.69, 9.17) is 17.3 Å². The van der Waals surface area contributed by atoms with Gasteiger partial charge in [-0.05, 0) is 24.1 Å². The predicted octanol–water partition coefficient (Wildman–Crippen LogP) is 3.27. The van der Waals surface area contributed by atoms with E-state index < -0.39 is 23.0 Å². The van der Waals surface area contributed by atoms with Crippen LogP contribution < -0.4 is 10.2 Å². The van der Waals surface area contributed by atoms with Crippen LogP contribution in [-0.2, 0) is 11.2 Å². The smallest absolute Gasteiger partial charge is 0.417 e. The summed E-state index contributed by atoms with van der Waals surface area (Å²) in [5.74, 6) is -0.432. The molecule has 1 aliphatic rings. The van der Waals surface area contributed by atoms with Gasteiger partial charge in [0, 0.05) is 11.6 Å². The van der Waals surface area contributed by atoms with Gasteiger partial charge in [-0.1, -0.05) is 54.0 Å². The molecule has 2 radical (unpaired) electrons. The number of benzene rings is 3. The van der Waals surface area contributed by atoms with Crippen molar-refractivity contribution in [2.75, 3.05) is 13.7 Å². The highest BCUT2D eigenvalue weighted by atomic mass is 16.6. The van der Waals surface area contributed by atoms with Crippen molar-refractivity contribution in [1.82, 2.24) is 4.90 Å². The number of amides is 2. The van der Waals surface area contributed by atoms with Crippen LogP contribution >= 0.6 is 0 Å². The lowest BCUT2D eigenvalue weighted by Gasteiger charge is -2.22. The van der Waals surface area contributed by atoms with Gasteiger partial charge in [-0.15, -0.1) is 0 Å². The molecule has 0 aromatic heterocycles. The number of carbonyl (C=O) groups excluding carboxylic acids is 2. The molecule has 0 bridgehead atoms. The van der Waals surface area contributed by atoms with Crippen molar-refractivity contribution >= 4 is 31.0 Å². The molecule has 0 saturated carbocycles. The summed E-state index contributed by atoms with van der Waals surface area (Å²) >= 11 is 0. The third-order valence-electron chi connectivity index (χ3n) is 5.49. The number of rotatable bonds is 6. The molecule has 0 unspecified atom stereocenters. The lowest BCUT2D eigenvalue weighted by Crippen LogP contribution is -2.40. The van der Waals surface area contributed by atoms with Gasteiger partial charge in [-0.3, -0.25) is 14.9 Å². The quantitative estimate of drug-likeness (QED) is 0.330. The number of ether oxygens (including phenoxy) is 2. The van der Waals surface area contributed by atoms with Crippen LogP contribution in [0.15, 0.2) is 66.7 Å². The maximum Gasteiger partial charge on any atom is 0.417 e. The Morgan fingerprint density at radius 3 is 2.55 bits per heavy atom. The van der Waals surface area contributed by atoms with Crippen LogP contribution in [0.2, 0.25) is 0 Å². The van der Waals surface area contributed by atoms with Crippen molar-refractivity contribution in [3.8, 4) is 16.9 Å². The Bertz CT molecular complexity index is 1230. The number of nitro groups is 1. The standard InChI is InChI=1S/C24H19BN2O6/c1-32-20-12-5-9-17(21(20)22-18(25)10-6-11-19(22)27(30)31)23(28)26-16(14-33-24(26)29)13-15-7-3-2-4-8-15/h2-12,16H,13-14H2,1H3/t16-/m0/s1. The van der Waals surface area contributed by atoms with Gasteiger partial charge in [-0.25, -0.2) is 9.69 Å². The number of cyclic esters (lactones) is 1. The molecular weight excluding hydrogens is 423 g/mol. The minimum absolute atomic E-state index is 0.0480. The van der Waals surface area contributed by atoms with Gasteiger partial charge in [0.05, 0.1) is 29.2 Å². The number of nitrogens with zero attached hydrogens (tertiary/aromatic N) is 2. The minimum atomic E-state index is -0.773. The van der Waals surface area contributed by atoms with Gasteiger partial charge in [0.1, 0.15) is 20.2 Å². The summed E-state index contributed by atoms with van der Waals surface area (Å²) in [6.07, 6.45) is -0.365. The van der Waals surface area contributed by atoms with E-state index in [0.29, 0.717) is 6.42 Å². The maximum atomic E-state index is 13.7. The van der Waals surface area contributed by atoms with Crippen molar-refractivity contribution in [2.24, 2.45) is 0 Å². The van der Waals surface area contributed by atoms with E-state index in [9.17, 15) is 19.7 Å². The van der Waals surface area contributed by atoms with Crippen LogP contribution in [0.3, 0.4) is 0 Å². The second-order valence-corrected chi connectivity index (χ2v) is 7.48. The van der Waals surface area contributed by atoms with Crippen LogP contribution in [0.25, 0.3) is 11.1 Å². The van der Waals surface area contributed by atoms with Crippen molar-refractivity contribution in [3.63, 3.8) is 0 Å². The molecule has 1 aliphatic heterocycles. The van der Waals surface area contributed by atoms with E-state index in [-0.39, 0.29) is 40.2 Å². The Kier molecular flexibility index (Phi) is 6.12. The zero-order valence-electron chi connectivity index (χ0n) is 17.8. The van der Waals surface area contributed by atoms with Gasteiger partial charge in [0.15, 0.2) is 0 Å². The number of nitro benzene ring substituents is 1. The second kappa shape index (κ2) is 9.16. The van der Waals surface area contributed by atoms with Crippen LogP contribution in [0.5, 0.6) is 5.75 Å². The third-order valence-corrected chi connectivity index (χ3v) is 5.49. The molecule has 164 valence electrons. The van der Waals surface area contributed by atoms with Crippen LogP contribution in [-0.4, -0.2) is 49.4 Å². The summed E-state index contributed by atoms with van der Waals surface area (Å²) in [6, 6.07) is 17.8. The van der Waals surface area contributed by atoms with Crippen molar-refractivity contribution in [1.29, 1.82) is 0 Å². The first-order valence-electron chi connectivity index (χ1n) is 10.2. The molecule has 1 heterocycles. The van der Waals surface area contributed by atoms with E-state index in [1.54, 1.807) is 12.1 Å². The molecule has 8 nitrogen and oxygen atoms in total. The molecule has 4 rings (SSSR count). The highest BCUT2D eigenvalue weighted by Crippen LogP contribution is 2.38. The Balaban J connectivity index is 1.83. The fourth-order valence-corrected chi connectivity index (χ4v) is 3.99. The summed E-state index contributed by atoms with van der Waals surface area (Å²) in [5.41, 5.74) is 1.01. The number of hydrogen-bond donors (Lipinski definition) is 0. The zero-order valence-corrected chi connectivity index (χ0v) is 17.8. The van der Waals surface area contributed by atoms with E-state index in [2.05, 4.69) is 0 Å². The largest absolute Gasteiger partial charge is 0.496 e. The normalized spacial score (nSPS) is 15.2. The molecule has 0 N–H and O–H groups in total. The molecule has 1 saturated heterocycles. The van der Waals surface area contributed by atoms with E-state index in [0.717, 1.165) is 10.5 Å². The fourth-order valence-electron chi connectivity index (χ4n) is 3.99. The molecule has 0 spiro atoms. The van der Waals surface area contributed by atoms with Crippen LogP contribution in [0, 0.1) is 10.1 Å². The molecule has 2 amide bonds. The molecule has 33 heavy (non-hydrogen) atoms. The van der Waals surface area contributed by atoms with E-state index in [1.165, 1.54) is 31.4 Å². The van der Waals surface area contributed by atoms with Crippen LogP contribution in [0.1, 0.15) is 15.9 Å². The average Bonchev–Trinajstić information content (AvgIpc) is 3.18. The highest BCUT2D eigenvalue weighted by Gasteiger charge is 2.40. The lowest BCUT2D eigenvalue weighted by atomic mass is 9.83. The monoisotopic (exact) mass is 442 g/mol. The van der Waals surface area contributed by atoms with Gasteiger partial charge in [-0.2, -0.15) is 0 Å². The van der Waals surface area contributed by atoms with Gasteiger partial charge < -0.3 is 9.47 Å². The molecular formula is C24H19BN2O6. The fraction of sp³-hybridized carbons (Fsp3) is 0.167. The highest BCUT2D eigenvalue weighted by molar-refractivity contribution is 6.37. The van der Waals surface area contributed by atoms with E-state index in [1.807, 2.05) is 30.3 Å². The molecule has 3 aromatic carbocycles. The summed E-state index contributed by atoms with van der Waals surface area (Å²) in [6.45, 7) is 0.0480. The minimum Gasteiger partial charge on any atom is -0.496 e. The van der Waals surface area contributed by atoms with E-state index >= 15 is 0 Å². The first kappa shape index (κ1) is 22.1. The topological polar surface area (TPSA) is 99.0 Å².